The number of likely N-dealkylation sites (tertiary alicyclic amines) is 1. The van der Waals surface area contributed by atoms with Crippen molar-refractivity contribution in [1.82, 2.24) is 28.7 Å². The second-order valence-corrected chi connectivity index (χ2v) is 12.7. The number of fused-ring (bicyclic) bond motifs is 2. The monoisotopic (exact) mass is 664 g/mol. The molecule has 1 aliphatic heterocycles. The predicted octanol–water partition coefficient (Wildman–Crippen LogP) is 5.61. The Bertz CT molecular complexity index is 1980. The summed E-state index contributed by atoms with van der Waals surface area (Å²) in [6, 6.07) is 11.3. The van der Waals surface area contributed by atoms with E-state index in [-0.39, 0.29) is 10.4 Å². The number of ether oxygens (including phenoxy) is 1. The topological polar surface area (TPSA) is 98.7 Å². The average Bonchev–Trinajstić information content (AvgIpc) is 3.83. The number of nitrogens with zero attached hydrogens (tertiary/aromatic N) is 5. The molecule has 0 saturated carbocycles. The van der Waals surface area contributed by atoms with E-state index in [0.717, 1.165) is 46.5 Å². The van der Waals surface area contributed by atoms with Crippen molar-refractivity contribution in [3.63, 3.8) is 0 Å². The van der Waals surface area contributed by atoms with Gasteiger partial charge in [-0.1, -0.05) is 18.2 Å². The van der Waals surface area contributed by atoms with E-state index < -0.39 is 18.1 Å². The number of nitrogens with one attached hydrogen (secondary N) is 2. The van der Waals surface area contributed by atoms with Crippen LogP contribution in [0.3, 0.4) is 0 Å². The third-order valence-corrected chi connectivity index (χ3v) is 9.66. The molecule has 1 saturated heterocycles. The lowest BCUT2D eigenvalue weighted by atomic mass is 10.1. The van der Waals surface area contributed by atoms with Crippen LogP contribution in [0, 0.1) is 0 Å². The van der Waals surface area contributed by atoms with E-state index in [2.05, 4.69) is 24.1 Å². The lowest BCUT2D eigenvalue weighted by Gasteiger charge is -2.23. The van der Waals surface area contributed by atoms with Crippen molar-refractivity contribution in [2.45, 2.75) is 31.5 Å². The van der Waals surface area contributed by atoms with E-state index >= 15 is 0 Å². The van der Waals surface area contributed by atoms with E-state index in [1.54, 1.807) is 33.3 Å². The first-order chi connectivity index (χ1) is 22.3. The van der Waals surface area contributed by atoms with Crippen LogP contribution in [-0.2, 0) is 0 Å². The van der Waals surface area contributed by atoms with Gasteiger partial charge in [0.25, 0.3) is 5.91 Å². The number of rotatable bonds is 9. The number of alkyl halides is 3. The molecule has 6 aromatic rings. The van der Waals surface area contributed by atoms with Crippen molar-refractivity contribution in [3.05, 3.63) is 82.9 Å². The molecule has 1 aliphatic rings. The molecule has 14 heteroatoms. The highest BCUT2D eigenvalue weighted by molar-refractivity contribution is 7.12. The number of benzene rings is 2. The van der Waals surface area contributed by atoms with Crippen molar-refractivity contribution in [2.24, 2.45) is 0 Å². The van der Waals surface area contributed by atoms with Gasteiger partial charge < -0.3 is 15.0 Å². The number of quaternary nitrogens is 1. The fourth-order valence-electron chi connectivity index (χ4n) is 5.72. The number of thiophene rings is 1. The summed E-state index contributed by atoms with van der Waals surface area (Å²) in [5, 5.41) is 8.31. The first-order valence-corrected chi connectivity index (χ1v) is 16.5. The van der Waals surface area contributed by atoms with Gasteiger partial charge in [0, 0.05) is 23.5 Å². The number of hydrogen-bond donors (Lipinski definition) is 2. The summed E-state index contributed by atoms with van der Waals surface area (Å²) in [5.41, 5.74) is 4.41. The normalized spacial score (nSPS) is 14.9. The van der Waals surface area contributed by atoms with E-state index in [1.165, 1.54) is 50.6 Å². The van der Waals surface area contributed by atoms with E-state index in [9.17, 15) is 18.0 Å². The molecule has 9 nitrogen and oxygen atoms in total. The summed E-state index contributed by atoms with van der Waals surface area (Å²) < 4.78 is 57.8. The average molecular weight is 665 g/mol. The van der Waals surface area contributed by atoms with E-state index in [1.807, 2.05) is 30.5 Å². The highest BCUT2D eigenvalue weighted by Gasteiger charge is 2.42. The zero-order valence-electron chi connectivity index (χ0n) is 24.5. The van der Waals surface area contributed by atoms with E-state index in [4.69, 9.17) is 4.74 Å². The van der Waals surface area contributed by atoms with Gasteiger partial charge in [-0.15, -0.1) is 11.3 Å². The summed E-state index contributed by atoms with van der Waals surface area (Å²) in [4.78, 5) is 19.4. The Kier molecular flexibility index (Phi) is 8.40. The van der Waals surface area contributed by atoms with Crippen LogP contribution in [0.4, 0.5) is 13.2 Å². The van der Waals surface area contributed by atoms with Gasteiger partial charge in [-0.3, -0.25) is 4.79 Å². The van der Waals surface area contributed by atoms with Crippen molar-refractivity contribution >= 4 is 45.7 Å². The minimum atomic E-state index is -4.71. The molecule has 0 radical (unpaired) electrons. The SMILES string of the molecule is O=C(NC(c1ccc2nsnc2c1)C(F)(F)F)c1cc(-c2cnn3cc(-c4ccc(OCC[NH+]5CCCCC5)cc4)cnc23)cs1. The second kappa shape index (κ2) is 12.8. The van der Waals surface area contributed by atoms with Gasteiger partial charge in [0.15, 0.2) is 11.7 Å². The highest BCUT2D eigenvalue weighted by Crippen LogP contribution is 2.35. The molecule has 46 heavy (non-hydrogen) atoms. The van der Waals surface area contributed by atoms with E-state index in [0.29, 0.717) is 34.4 Å². The summed E-state index contributed by atoms with van der Waals surface area (Å²) in [7, 11) is 0. The van der Waals surface area contributed by atoms with Crippen LogP contribution < -0.4 is 15.0 Å². The number of aromatic nitrogens is 5. The Morgan fingerprint density at radius 1 is 0.978 bits per heavy atom. The summed E-state index contributed by atoms with van der Waals surface area (Å²) in [6.45, 7) is 4.15. The maximum absolute atomic E-state index is 14.0. The molecule has 1 fully saturated rings. The van der Waals surface area contributed by atoms with Crippen LogP contribution in [0.2, 0.25) is 0 Å². The molecule has 4 aromatic heterocycles. The van der Waals surface area contributed by atoms with Crippen LogP contribution in [-0.4, -0.2) is 61.7 Å². The Hall–Kier alpha value is -4.40. The molecular weight excluding hydrogens is 636 g/mol. The predicted molar refractivity (Wildman–Crippen MR) is 170 cm³/mol. The van der Waals surface area contributed by atoms with Gasteiger partial charge in [-0.2, -0.15) is 27.0 Å². The Morgan fingerprint density at radius 2 is 1.78 bits per heavy atom. The van der Waals surface area contributed by atoms with Crippen molar-refractivity contribution in [2.75, 3.05) is 26.2 Å². The Balaban J connectivity index is 1.03. The fraction of sp³-hybridized carbons (Fsp3) is 0.281. The highest BCUT2D eigenvalue weighted by atomic mass is 32.1. The molecule has 5 heterocycles. The third-order valence-electron chi connectivity index (χ3n) is 8.18. The van der Waals surface area contributed by atoms with Crippen LogP contribution in [0.25, 0.3) is 38.9 Å². The lowest BCUT2D eigenvalue weighted by molar-refractivity contribution is -0.904. The standard InChI is InChI=1S/C32H28F3N7O2S2/c33-32(34,35)29(21-6-9-26-27(14-21)40-46-39-26)38-31(43)28-15-22(19-45-28)25-17-37-42-18-23(16-36-30(25)42)20-4-7-24(8-5-20)44-13-12-41-10-2-1-3-11-41/h4-9,14-19,29H,1-3,10-13H2,(H,38,43)/p+1. The molecule has 0 spiro atoms. The number of amides is 1. The molecule has 1 atom stereocenters. The van der Waals surface area contributed by atoms with Crippen molar-refractivity contribution < 1.29 is 27.6 Å². The van der Waals surface area contributed by atoms with Gasteiger partial charge >= 0.3 is 6.18 Å². The second-order valence-electron chi connectivity index (χ2n) is 11.3. The molecule has 0 bridgehead atoms. The number of carbonyl (C=O) groups is 1. The molecule has 2 aromatic carbocycles. The van der Waals surface area contributed by atoms with Crippen LogP contribution in [0.1, 0.15) is 40.5 Å². The Morgan fingerprint density at radius 3 is 2.59 bits per heavy atom. The number of halogens is 3. The molecule has 7 rings (SSSR count). The smallest absolute Gasteiger partial charge is 0.412 e. The number of piperidine rings is 1. The molecular formula is C32H29F3N7O2S2+. The van der Waals surface area contributed by atoms with Gasteiger partial charge in [-0.05, 0) is 71.7 Å². The number of hydrogen-bond acceptors (Lipinski definition) is 8. The summed E-state index contributed by atoms with van der Waals surface area (Å²) in [5.74, 6) is -0.00535. The summed E-state index contributed by atoms with van der Waals surface area (Å²) in [6.07, 6.45) is 4.46. The first-order valence-electron chi connectivity index (χ1n) is 14.9. The van der Waals surface area contributed by atoms with Crippen LogP contribution in [0.5, 0.6) is 5.75 Å². The molecule has 0 aliphatic carbocycles. The quantitative estimate of drug-likeness (QED) is 0.209. The van der Waals surface area contributed by atoms with Gasteiger partial charge in [0.2, 0.25) is 0 Å². The first kappa shape index (κ1) is 30.3. The zero-order valence-corrected chi connectivity index (χ0v) is 26.1. The maximum Gasteiger partial charge on any atom is 0.412 e. The van der Waals surface area contributed by atoms with Crippen molar-refractivity contribution in [1.29, 1.82) is 0 Å². The van der Waals surface area contributed by atoms with Crippen LogP contribution in [0.15, 0.2) is 72.5 Å². The van der Waals surface area contributed by atoms with Crippen molar-refractivity contribution in [3.8, 4) is 28.0 Å². The maximum atomic E-state index is 14.0. The Labute approximate surface area is 270 Å². The fourth-order valence-corrected chi connectivity index (χ4v) is 7.04. The number of carbonyl (C=O) groups excluding carboxylic acids is 1. The molecule has 1 amide bonds. The largest absolute Gasteiger partial charge is 0.488 e. The summed E-state index contributed by atoms with van der Waals surface area (Å²) >= 11 is 1.97. The molecule has 2 N–H and O–H groups in total. The lowest BCUT2D eigenvalue weighted by Crippen LogP contribution is -3.13. The third kappa shape index (κ3) is 6.46. The minimum Gasteiger partial charge on any atom is -0.488 e. The van der Waals surface area contributed by atoms with Crippen LogP contribution >= 0.6 is 23.1 Å². The molecule has 236 valence electrons. The van der Waals surface area contributed by atoms with Gasteiger partial charge in [-0.25, -0.2) is 9.50 Å². The molecule has 1 unspecified atom stereocenters. The zero-order chi connectivity index (χ0) is 31.7. The van der Waals surface area contributed by atoms with Gasteiger partial charge in [0.05, 0.1) is 35.9 Å². The minimum absolute atomic E-state index is 0.114. The van der Waals surface area contributed by atoms with Gasteiger partial charge in [0.1, 0.15) is 29.9 Å².